The average molecular weight is 476 g/mol. The third-order valence-corrected chi connectivity index (χ3v) is 4.22. The van der Waals surface area contributed by atoms with Crippen LogP contribution < -0.4 is 14.8 Å². The van der Waals surface area contributed by atoms with Crippen molar-refractivity contribution < 1.29 is 14.3 Å². The maximum Gasteiger partial charge on any atom is 0.219 e. The molecule has 0 aliphatic carbocycles. The summed E-state index contributed by atoms with van der Waals surface area (Å²) in [4.78, 5) is 20.3. The van der Waals surface area contributed by atoms with Crippen molar-refractivity contribution in [2.75, 3.05) is 46.9 Å². The summed E-state index contributed by atoms with van der Waals surface area (Å²) in [5.41, 5.74) is 1.05. The van der Waals surface area contributed by atoms with Crippen LogP contribution in [0.2, 0.25) is 0 Å². The highest BCUT2D eigenvalue weighted by atomic mass is 127. The van der Waals surface area contributed by atoms with E-state index < -0.39 is 0 Å². The summed E-state index contributed by atoms with van der Waals surface area (Å²) in [6.07, 6.45) is 0. The molecule has 1 aromatic carbocycles. The number of piperazine rings is 1. The van der Waals surface area contributed by atoms with E-state index in [0.717, 1.165) is 44.2 Å². The summed E-state index contributed by atoms with van der Waals surface area (Å²) < 4.78 is 10.6. The number of rotatable bonds is 5. The van der Waals surface area contributed by atoms with Crippen LogP contribution in [0.5, 0.6) is 11.5 Å². The van der Waals surface area contributed by atoms with Gasteiger partial charge in [0.1, 0.15) is 0 Å². The highest BCUT2D eigenvalue weighted by molar-refractivity contribution is 14.0. The van der Waals surface area contributed by atoms with Crippen LogP contribution in [0.4, 0.5) is 0 Å². The number of carbonyl (C=O) groups excluding carboxylic acids is 1. The molecule has 0 spiro atoms. The zero-order valence-electron chi connectivity index (χ0n) is 15.9. The van der Waals surface area contributed by atoms with Crippen molar-refractivity contribution in [3.8, 4) is 11.5 Å². The van der Waals surface area contributed by atoms with Crippen LogP contribution in [-0.2, 0) is 11.3 Å². The molecule has 1 saturated heterocycles. The second-order valence-corrected chi connectivity index (χ2v) is 5.85. The largest absolute Gasteiger partial charge is 0.493 e. The Labute approximate surface area is 172 Å². The maximum atomic E-state index is 11.5. The standard InChI is InChI=1S/C18H28N4O3.HI/c1-5-19-18(22-10-8-21(9-11-22)14(2)23)20-13-15-6-7-16(24-3)17(12-15)25-4;/h6-7,12H,5,8-11,13H2,1-4H3,(H,19,20);1H. The topological polar surface area (TPSA) is 66.4 Å². The Kier molecular flexibility index (Phi) is 9.53. The van der Waals surface area contributed by atoms with E-state index in [-0.39, 0.29) is 29.9 Å². The van der Waals surface area contributed by atoms with Gasteiger partial charge in [-0.15, -0.1) is 24.0 Å². The second kappa shape index (κ2) is 11.1. The number of ether oxygens (including phenoxy) is 2. The number of methoxy groups -OCH3 is 2. The van der Waals surface area contributed by atoms with E-state index in [0.29, 0.717) is 18.0 Å². The summed E-state index contributed by atoms with van der Waals surface area (Å²) >= 11 is 0. The van der Waals surface area contributed by atoms with Crippen molar-refractivity contribution >= 4 is 35.8 Å². The zero-order chi connectivity index (χ0) is 18.2. The Balaban J connectivity index is 0.00000338. The van der Waals surface area contributed by atoms with Crippen molar-refractivity contribution in [1.82, 2.24) is 15.1 Å². The molecule has 0 bridgehead atoms. The van der Waals surface area contributed by atoms with E-state index in [9.17, 15) is 4.79 Å². The number of hydrogen-bond donors (Lipinski definition) is 1. The van der Waals surface area contributed by atoms with E-state index in [1.807, 2.05) is 23.1 Å². The Morgan fingerprint density at radius 1 is 1.12 bits per heavy atom. The van der Waals surface area contributed by atoms with Gasteiger partial charge < -0.3 is 24.6 Å². The zero-order valence-corrected chi connectivity index (χ0v) is 18.3. The van der Waals surface area contributed by atoms with E-state index in [1.54, 1.807) is 21.1 Å². The van der Waals surface area contributed by atoms with Crippen LogP contribution in [0.15, 0.2) is 23.2 Å². The number of amides is 1. The van der Waals surface area contributed by atoms with Crippen LogP contribution in [-0.4, -0.2) is 68.6 Å². The van der Waals surface area contributed by atoms with Crippen LogP contribution in [0.3, 0.4) is 0 Å². The summed E-state index contributed by atoms with van der Waals surface area (Å²) in [5, 5.41) is 3.33. The molecule has 0 atom stereocenters. The maximum absolute atomic E-state index is 11.5. The molecule has 8 heteroatoms. The van der Waals surface area contributed by atoms with E-state index >= 15 is 0 Å². The van der Waals surface area contributed by atoms with Gasteiger partial charge in [-0.2, -0.15) is 0 Å². The molecule has 2 rings (SSSR count). The summed E-state index contributed by atoms with van der Waals surface area (Å²) in [6, 6.07) is 5.82. The van der Waals surface area contributed by atoms with Crippen molar-refractivity contribution in [3.63, 3.8) is 0 Å². The Hall–Kier alpha value is -1.71. The lowest BCUT2D eigenvalue weighted by molar-refractivity contribution is -0.130. The summed E-state index contributed by atoms with van der Waals surface area (Å²) in [5.74, 6) is 2.42. The summed E-state index contributed by atoms with van der Waals surface area (Å²) in [6.45, 7) is 8.07. The minimum absolute atomic E-state index is 0. The molecular weight excluding hydrogens is 447 g/mol. The van der Waals surface area contributed by atoms with Crippen molar-refractivity contribution in [1.29, 1.82) is 0 Å². The van der Waals surface area contributed by atoms with Crippen LogP contribution in [0, 0.1) is 0 Å². The highest BCUT2D eigenvalue weighted by Gasteiger charge is 2.20. The highest BCUT2D eigenvalue weighted by Crippen LogP contribution is 2.27. The van der Waals surface area contributed by atoms with Crippen LogP contribution >= 0.6 is 24.0 Å². The smallest absolute Gasteiger partial charge is 0.219 e. The average Bonchev–Trinajstić information content (AvgIpc) is 2.64. The fraction of sp³-hybridized carbons (Fsp3) is 0.556. The molecular formula is C18H29IN4O3. The van der Waals surface area contributed by atoms with Crippen molar-refractivity contribution in [2.24, 2.45) is 4.99 Å². The first-order chi connectivity index (χ1) is 12.1. The fourth-order valence-electron chi connectivity index (χ4n) is 2.80. The van der Waals surface area contributed by atoms with Gasteiger partial charge in [0.15, 0.2) is 17.5 Å². The van der Waals surface area contributed by atoms with E-state index in [4.69, 9.17) is 14.5 Å². The number of nitrogens with one attached hydrogen (secondary N) is 1. The van der Waals surface area contributed by atoms with E-state index in [1.165, 1.54) is 0 Å². The molecule has 0 saturated carbocycles. The van der Waals surface area contributed by atoms with Gasteiger partial charge in [-0.25, -0.2) is 4.99 Å². The van der Waals surface area contributed by atoms with Gasteiger partial charge in [-0.3, -0.25) is 4.79 Å². The van der Waals surface area contributed by atoms with Crippen molar-refractivity contribution in [3.05, 3.63) is 23.8 Å². The third-order valence-electron chi connectivity index (χ3n) is 4.22. The molecule has 1 fully saturated rings. The SMILES string of the molecule is CCNC(=NCc1ccc(OC)c(OC)c1)N1CCN(C(C)=O)CC1.I. The number of carbonyl (C=O) groups is 1. The van der Waals surface area contributed by atoms with Crippen molar-refractivity contribution in [2.45, 2.75) is 20.4 Å². The molecule has 1 aliphatic rings. The van der Waals surface area contributed by atoms with Gasteiger partial charge in [-0.1, -0.05) is 6.07 Å². The Bertz CT molecular complexity index is 616. The van der Waals surface area contributed by atoms with Crippen LogP contribution in [0.25, 0.3) is 0 Å². The van der Waals surface area contributed by atoms with Crippen LogP contribution in [0.1, 0.15) is 19.4 Å². The second-order valence-electron chi connectivity index (χ2n) is 5.85. The minimum atomic E-state index is 0. The summed E-state index contributed by atoms with van der Waals surface area (Å²) in [7, 11) is 3.25. The lowest BCUT2D eigenvalue weighted by atomic mass is 10.2. The number of benzene rings is 1. The molecule has 7 nitrogen and oxygen atoms in total. The third kappa shape index (κ3) is 5.93. The number of hydrogen-bond acceptors (Lipinski definition) is 4. The lowest BCUT2D eigenvalue weighted by Crippen LogP contribution is -2.53. The molecule has 146 valence electrons. The predicted molar refractivity (Wildman–Crippen MR) is 114 cm³/mol. The lowest BCUT2D eigenvalue weighted by Gasteiger charge is -2.36. The van der Waals surface area contributed by atoms with E-state index in [2.05, 4.69) is 17.1 Å². The van der Waals surface area contributed by atoms with Gasteiger partial charge in [0.05, 0.1) is 20.8 Å². The fourth-order valence-corrected chi connectivity index (χ4v) is 2.80. The van der Waals surface area contributed by atoms with Gasteiger partial charge in [-0.05, 0) is 24.6 Å². The van der Waals surface area contributed by atoms with Gasteiger partial charge in [0.2, 0.25) is 5.91 Å². The molecule has 1 aliphatic heterocycles. The molecule has 0 aromatic heterocycles. The molecule has 0 unspecified atom stereocenters. The first kappa shape index (κ1) is 22.3. The number of nitrogens with zero attached hydrogens (tertiary/aromatic N) is 3. The molecule has 0 radical (unpaired) electrons. The quantitative estimate of drug-likeness (QED) is 0.400. The van der Waals surface area contributed by atoms with Gasteiger partial charge >= 0.3 is 0 Å². The minimum Gasteiger partial charge on any atom is -0.493 e. The molecule has 1 amide bonds. The van der Waals surface area contributed by atoms with Gasteiger partial charge in [0.25, 0.3) is 0 Å². The molecule has 1 N–H and O–H groups in total. The number of aliphatic imine (C=N–C) groups is 1. The predicted octanol–water partition coefficient (Wildman–Crippen LogP) is 1.95. The van der Waals surface area contributed by atoms with Gasteiger partial charge in [0, 0.05) is 39.6 Å². The Morgan fingerprint density at radius 3 is 2.27 bits per heavy atom. The normalized spacial score (nSPS) is 14.5. The number of halogens is 1. The molecule has 26 heavy (non-hydrogen) atoms. The Morgan fingerprint density at radius 2 is 1.73 bits per heavy atom. The molecule has 1 heterocycles. The first-order valence-electron chi connectivity index (χ1n) is 8.58. The first-order valence-corrected chi connectivity index (χ1v) is 8.58. The monoisotopic (exact) mass is 476 g/mol. The number of guanidine groups is 1. The molecule has 1 aromatic rings.